The Labute approximate surface area is 130 Å². The van der Waals surface area contributed by atoms with Gasteiger partial charge in [0.15, 0.2) is 0 Å². The van der Waals surface area contributed by atoms with Crippen LogP contribution >= 0.6 is 11.3 Å². The highest BCUT2D eigenvalue weighted by molar-refractivity contribution is 7.09. The first-order valence-electron chi connectivity index (χ1n) is 7.06. The summed E-state index contributed by atoms with van der Waals surface area (Å²) in [5, 5.41) is 6.73. The van der Waals surface area contributed by atoms with Crippen LogP contribution in [0.1, 0.15) is 35.7 Å². The van der Waals surface area contributed by atoms with E-state index in [9.17, 15) is 0 Å². The molecule has 2 aromatic rings. The van der Waals surface area contributed by atoms with Crippen molar-refractivity contribution in [3.8, 4) is 11.5 Å². The Kier molecular flexibility index (Phi) is 5.59. The minimum Gasteiger partial charge on any atom is -0.497 e. The second-order valence-electron chi connectivity index (χ2n) is 4.82. The molecule has 0 amide bonds. The van der Waals surface area contributed by atoms with Crippen LogP contribution in [0.2, 0.25) is 0 Å². The van der Waals surface area contributed by atoms with E-state index in [0.717, 1.165) is 40.7 Å². The van der Waals surface area contributed by atoms with E-state index in [1.165, 1.54) is 0 Å². The first kappa shape index (κ1) is 15.8. The molecule has 1 N–H and O–H groups in total. The largest absolute Gasteiger partial charge is 0.497 e. The highest BCUT2D eigenvalue weighted by Crippen LogP contribution is 2.30. The molecule has 0 saturated carbocycles. The zero-order chi connectivity index (χ0) is 15.2. The Morgan fingerprint density at radius 2 is 1.86 bits per heavy atom. The predicted molar refractivity (Wildman–Crippen MR) is 86.5 cm³/mol. The van der Waals surface area contributed by atoms with E-state index in [4.69, 9.17) is 9.47 Å². The summed E-state index contributed by atoms with van der Waals surface area (Å²) in [6, 6.07) is 6.00. The number of aromatic nitrogens is 1. The summed E-state index contributed by atoms with van der Waals surface area (Å²) in [5.74, 6) is 1.58. The van der Waals surface area contributed by atoms with Crippen LogP contribution in [-0.2, 0) is 0 Å². The topological polar surface area (TPSA) is 43.4 Å². The molecule has 1 heterocycles. The zero-order valence-corrected chi connectivity index (χ0v) is 13.8. The molecule has 4 nitrogen and oxygen atoms in total. The molecule has 0 aliphatic carbocycles. The Hall–Kier alpha value is -1.59. The van der Waals surface area contributed by atoms with Crippen molar-refractivity contribution in [1.29, 1.82) is 0 Å². The minimum absolute atomic E-state index is 0.0545. The molecule has 0 saturated heterocycles. The molecule has 1 aromatic carbocycles. The van der Waals surface area contributed by atoms with E-state index < -0.39 is 0 Å². The van der Waals surface area contributed by atoms with Crippen molar-refractivity contribution in [2.45, 2.75) is 26.3 Å². The highest BCUT2D eigenvalue weighted by atomic mass is 32.1. The lowest BCUT2D eigenvalue weighted by molar-refractivity contribution is 0.392. The van der Waals surface area contributed by atoms with Crippen molar-refractivity contribution in [2.75, 3.05) is 20.8 Å². The van der Waals surface area contributed by atoms with E-state index in [1.807, 2.05) is 25.1 Å². The maximum Gasteiger partial charge on any atom is 0.122 e. The number of hydrogen-bond acceptors (Lipinski definition) is 5. The van der Waals surface area contributed by atoms with Gasteiger partial charge in [-0.2, -0.15) is 0 Å². The van der Waals surface area contributed by atoms with E-state index >= 15 is 0 Å². The van der Waals surface area contributed by atoms with Crippen molar-refractivity contribution in [3.63, 3.8) is 0 Å². The molecule has 1 unspecified atom stereocenters. The van der Waals surface area contributed by atoms with E-state index in [1.54, 1.807) is 25.6 Å². The summed E-state index contributed by atoms with van der Waals surface area (Å²) in [4.78, 5) is 4.63. The van der Waals surface area contributed by atoms with Gasteiger partial charge in [-0.05, 0) is 37.6 Å². The molecule has 0 bridgehead atoms. The summed E-state index contributed by atoms with van der Waals surface area (Å²) < 4.78 is 10.7. The van der Waals surface area contributed by atoms with Crippen molar-refractivity contribution in [1.82, 2.24) is 10.3 Å². The number of benzene rings is 1. The third kappa shape index (κ3) is 3.95. The molecular formula is C16H22N2O2S. The van der Waals surface area contributed by atoms with Gasteiger partial charge in [0.25, 0.3) is 0 Å². The molecule has 114 valence electrons. The molecule has 0 fully saturated rings. The van der Waals surface area contributed by atoms with Gasteiger partial charge in [0, 0.05) is 11.4 Å². The summed E-state index contributed by atoms with van der Waals surface area (Å²) in [7, 11) is 3.33. The van der Waals surface area contributed by atoms with E-state index in [2.05, 4.69) is 22.6 Å². The molecule has 1 atom stereocenters. The molecule has 1 aromatic heterocycles. The lowest BCUT2D eigenvalue weighted by atomic mass is 10.0. The number of nitrogens with zero attached hydrogens (tertiary/aromatic N) is 1. The van der Waals surface area contributed by atoms with Crippen LogP contribution in [0.4, 0.5) is 0 Å². The van der Waals surface area contributed by atoms with Gasteiger partial charge in [0.05, 0.1) is 31.0 Å². The van der Waals surface area contributed by atoms with E-state index in [-0.39, 0.29) is 6.04 Å². The molecule has 0 radical (unpaired) electrons. The smallest absolute Gasteiger partial charge is 0.122 e. The fourth-order valence-corrected chi connectivity index (χ4v) is 2.83. The number of methoxy groups -OCH3 is 2. The van der Waals surface area contributed by atoms with Gasteiger partial charge >= 0.3 is 0 Å². The van der Waals surface area contributed by atoms with Crippen molar-refractivity contribution in [3.05, 3.63) is 39.8 Å². The minimum atomic E-state index is 0.0545. The molecule has 5 heteroatoms. The maximum absolute atomic E-state index is 5.37. The molecule has 21 heavy (non-hydrogen) atoms. The van der Waals surface area contributed by atoms with Crippen LogP contribution in [-0.4, -0.2) is 25.7 Å². The normalized spacial score (nSPS) is 12.2. The van der Waals surface area contributed by atoms with Crippen LogP contribution in [0, 0.1) is 6.92 Å². The highest BCUT2D eigenvalue weighted by Gasteiger charge is 2.18. The number of hydrogen-bond donors (Lipinski definition) is 1. The standard InChI is InChI=1S/C16H22N2O2S/c1-5-6-17-16(15-10-21-11(2)18-15)12-7-13(19-3)9-14(8-12)20-4/h7-10,16-17H,5-6H2,1-4H3. The van der Waals surface area contributed by atoms with Crippen LogP contribution in [0.15, 0.2) is 23.6 Å². The third-order valence-corrected chi connectivity index (χ3v) is 4.03. The molecule has 0 aliphatic heterocycles. The monoisotopic (exact) mass is 306 g/mol. The molecule has 0 aliphatic rings. The zero-order valence-electron chi connectivity index (χ0n) is 13.0. The van der Waals surface area contributed by atoms with Gasteiger partial charge in [-0.1, -0.05) is 6.92 Å². The van der Waals surface area contributed by atoms with Crippen LogP contribution < -0.4 is 14.8 Å². The number of rotatable bonds is 7. The van der Waals surface area contributed by atoms with Crippen molar-refractivity contribution in [2.24, 2.45) is 0 Å². The van der Waals surface area contributed by atoms with Gasteiger partial charge in [0.2, 0.25) is 0 Å². The second-order valence-corrected chi connectivity index (χ2v) is 5.89. The summed E-state index contributed by atoms with van der Waals surface area (Å²) in [6.07, 6.45) is 1.07. The number of ether oxygens (including phenoxy) is 2. The van der Waals surface area contributed by atoms with Crippen LogP contribution in [0.25, 0.3) is 0 Å². The average molecular weight is 306 g/mol. The van der Waals surface area contributed by atoms with Crippen LogP contribution in [0.5, 0.6) is 11.5 Å². The Balaban J connectivity index is 2.40. The van der Waals surface area contributed by atoms with Gasteiger partial charge in [-0.15, -0.1) is 11.3 Å². The third-order valence-electron chi connectivity index (χ3n) is 3.24. The predicted octanol–water partition coefficient (Wildman–Crippen LogP) is 3.56. The van der Waals surface area contributed by atoms with Crippen molar-refractivity contribution < 1.29 is 9.47 Å². The SMILES string of the molecule is CCCNC(c1cc(OC)cc(OC)c1)c1csc(C)n1. The fraction of sp³-hybridized carbons (Fsp3) is 0.438. The first-order valence-corrected chi connectivity index (χ1v) is 7.94. The van der Waals surface area contributed by atoms with E-state index in [0.29, 0.717) is 0 Å². The number of thiazole rings is 1. The summed E-state index contributed by atoms with van der Waals surface area (Å²) in [6.45, 7) is 5.11. The molecule has 0 spiro atoms. The summed E-state index contributed by atoms with van der Waals surface area (Å²) in [5.41, 5.74) is 2.14. The van der Waals surface area contributed by atoms with Gasteiger partial charge in [-0.25, -0.2) is 4.98 Å². The molecule has 2 rings (SSSR count). The second kappa shape index (κ2) is 7.43. The Morgan fingerprint density at radius 1 is 1.19 bits per heavy atom. The Morgan fingerprint density at radius 3 is 2.33 bits per heavy atom. The lowest BCUT2D eigenvalue weighted by Crippen LogP contribution is -2.23. The van der Waals surface area contributed by atoms with Gasteiger partial charge in [-0.3, -0.25) is 0 Å². The summed E-state index contributed by atoms with van der Waals surface area (Å²) >= 11 is 1.67. The maximum atomic E-state index is 5.37. The quantitative estimate of drug-likeness (QED) is 0.849. The fourth-order valence-electron chi connectivity index (χ4n) is 2.19. The number of nitrogens with one attached hydrogen (secondary N) is 1. The number of aryl methyl sites for hydroxylation is 1. The average Bonchev–Trinajstić information content (AvgIpc) is 2.93. The van der Waals surface area contributed by atoms with Gasteiger partial charge in [0.1, 0.15) is 11.5 Å². The van der Waals surface area contributed by atoms with Crippen molar-refractivity contribution >= 4 is 11.3 Å². The first-order chi connectivity index (χ1) is 10.2. The Bertz CT molecular complexity index is 561. The van der Waals surface area contributed by atoms with Crippen LogP contribution in [0.3, 0.4) is 0 Å². The van der Waals surface area contributed by atoms with Gasteiger partial charge < -0.3 is 14.8 Å². The molecular weight excluding hydrogens is 284 g/mol. The lowest BCUT2D eigenvalue weighted by Gasteiger charge is -2.19.